The van der Waals surface area contributed by atoms with Gasteiger partial charge in [-0.1, -0.05) is 53.5 Å². The molecular weight excluding hydrogens is 363 g/mol. The van der Waals surface area contributed by atoms with Crippen LogP contribution in [0.2, 0.25) is 8.67 Å². The summed E-state index contributed by atoms with van der Waals surface area (Å²) in [5.41, 5.74) is 1.03. The molecule has 0 aliphatic rings. The molecule has 0 saturated heterocycles. The summed E-state index contributed by atoms with van der Waals surface area (Å²) in [6, 6.07) is 11.0. The van der Waals surface area contributed by atoms with Gasteiger partial charge in [0.05, 0.1) is 4.34 Å². The third-order valence-electron chi connectivity index (χ3n) is 3.19. The van der Waals surface area contributed by atoms with E-state index in [1.54, 1.807) is 0 Å². The number of hydrogen-bond acceptors (Lipinski definition) is 4. The SMILES string of the molecule is CN(C)C(CNS(=O)(=O)c1cc(Cl)sc1Cl)c1ccccc1. The second-order valence-corrected chi connectivity index (χ2v) is 8.95. The Morgan fingerprint density at radius 2 is 1.86 bits per heavy atom. The molecule has 1 aromatic carbocycles. The molecule has 4 nitrogen and oxygen atoms in total. The summed E-state index contributed by atoms with van der Waals surface area (Å²) < 4.78 is 27.8. The van der Waals surface area contributed by atoms with Crippen molar-refractivity contribution < 1.29 is 8.42 Å². The second kappa shape index (κ2) is 7.29. The zero-order valence-electron chi connectivity index (χ0n) is 12.1. The molecule has 0 saturated carbocycles. The van der Waals surface area contributed by atoms with E-state index in [4.69, 9.17) is 23.2 Å². The fourth-order valence-electron chi connectivity index (χ4n) is 2.05. The van der Waals surface area contributed by atoms with Crippen LogP contribution >= 0.6 is 34.5 Å². The van der Waals surface area contributed by atoms with Crippen molar-refractivity contribution in [1.82, 2.24) is 9.62 Å². The van der Waals surface area contributed by atoms with Gasteiger partial charge >= 0.3 is 0 Å². The quantitative estimate of drug-likeness (QED) is 0.834. The van der Waals surface area contributed by atoms with Crippen molar-refractivity contribution >= 4 is 44.6 Å². The lowest BCUT2D eigenvalue weighted by molar-refractivity contribution is 0.299. The summed E-state index contributed by atoms with van der Waals surface area (Å²) in [5, 5.41) is 0. The lowest BCUT2D eigenvalue weighted by Crippen LogP contribution is -2.34. The van der Waals surface area contributed by atoms with Crippen molar-refractivity contribution in [3.8, 4) is 0 Å². The molecular formula is C14H16Cl2N2O2S2. The van der Waals surface area contributed by atoms with Gasteiger partial charge in [-0.25, -0.2) is 13.1 Å². The van der Waals surface area contributed by atoms with Crippen LogP contribution in [0.1, 0.15) is 11.6 Å². The minimum absolute atomic E-state index is 0.0229. The number of nitrogens with zero attached hydrogens (tertiary/aromatic N) is 1. The predicted octanol–water partition coefficient (Wildman–Crippen LogP) is 3.64. The first kappa shape index (κ1) is 17.7. The molecule has 1 aromatic heterocycles. The molecule has 0 aliphatic heterocycles. The molecule has 2 rings (SSSR count). The van der Waals surface area contributed by atoms with Crippen LogP contribution in [0.5, 0.6) is 0 Å². The standard InChI is InChI=1S/C14H16Cl2N2O2S2/c1-18(2)11(10-6-4-3-5-7-10)9-17-22(19,20)12-8-13(15)21-14(12)16/h3-8,11,17H,9H2,1-2H3. The maximum atomic E-state index is 12.4. The Kier molecular flexibility index (Phi) is 5.87. The van der Waals surface area contributed by atoms with Gasteiger partial charge in [-0.05, 0) is 25.7 Å². The first-order valence-electron chi connectivity index (χ1n) is 6.47. The molecule has 0 aliphatic carbocycles. The maximum Gasteiger partial charge on any atom is 0.243 e. The molecule has 0 amide bonds. The van der Waals surface area contributed by atoms with Gasteiger partial charge in [0.25, 0.3) is 0 Å². The number of rotatable bonds is 6. The Hall–Kier alpha value is -0.630. The number of sulfonamides is 1. The molecule has 1 atom stereocenters. The zero-order valence-corrected chi connectivity index (χ0v) is 15.2. The van der Waals surface area contributed by atoms with Gasteiger partial charge in [0.1, 0.15) is 9.23 Å². The number of benzene rings is 1. The van der Waals surface area contributed by atoms with E-state index in [0.29, 0.717) is 4.34 Å². The first-order valence-corrected chi connectivity index (χ1v) is 9.52. The van der Waals surface area contributed by atoms with Crippen LogP contribution in [0.25, 0.3) is 0 Å². The molecule has 1 N–H and O–H groups in total. The molecule has 8 heteroatoms. The van der Waals surface area contributed by atoms with Crippen molar-refractivity contribution in [3.05, 3.63) is 50.6 Å². The maximum absolute atomic E-state index is 12.4. The van der Waals surface area contributed by atoms with Crippen LogP contribution in [0, 0.1) is 0 Å². The summed E-state index contributed by atoms with van der Waals surface area (Å²) in [5.74, 6) is 0. The van der Waals surface area contributed by atoms with Crippen molar-refractivity contribution in [1.29, 1.82) is 0 Å². The third kappa shape index (κ3) is 4.22. The van der Waals surface area contributed by atoms with E-state index in [1.807, 2.05) is 49.3 Å². The molecule has 0 fully saturated rings. The number of hydrogen-bond donors (Lipinski definition) is 1. The van der Waals surface area contributed by atoms with E-state index >= 15 is 0 Å². The lowest BCUT2D eigenvalue weighted by Gasteiger charge is -2.25. The van der Waals surface area contributed by atoms with Crippen LogP contribution in [-0.2, 0) is 10.0 Å². The van der Waals surface area contributed by atoms with Gasteiger partial charge in [-0.3, -0.25) is 0 Å². The van der Waals surface area contributed by atoms with Gasteiger partial charge in [-0.2, -0.15) is 0 Å². The molecule has 2 aromatic rings. The third-order valence-corrected chi connectivity index (χ3v) is 6.37. The van der Waals surface area contributed by atoms with E-state index < -0.39 is 10.0 Å². The van der Waals surface area contributed by atoms with Crippen molar-refractivity contribution in [2.75, 3.05) is 20.6 Å². The molecule has 1 heterocycles. The Morgan fingerprint density at radius 1 is 1.23 bits per heavy atom. The van der Waals surface area contributed by atoms with E-state index in [-0.39, 0.29) is 21.8 Å². The summed E-state index contributed by atoms with van der Waals surface area (Å²) in [7, 11) is 0.117. The Labute approximate surface area is 144 Å². The van der Waals surface area contributed by atoms with Gasteiger partial charge in [-0.15, -0.1) is 11.3 Å². The van der Waals surface area contributed by atoms with E-state index in [2.05, 4.69) is 4.72 Å². The molecule has 0 spiro atoms. The highest BCUT2D eigenvalue weighted by molar-refractivity contribution is 7.89. The van der Waals surface area contributed by atoms with Crippen molar-refractivity contribution in [3.63, 3.8) is 0 Å². The van der Waals surface area contributed by atoms with Crippen molar-refractivity contribution in [2.24, 2.45) is 0 Å². The van der Waals surface area contributed by atoms with E-state index in [9.17, 15) is 8.42 Å². The van der Waals surface area contributed by atoms with Crippen LogP contribution in [-0.4, -0.2) is 34.0 Å². The summed E-state index contributed by atoms with van der Waals surface area (Å²) in [6.07, 6.45) is 0. The largest absolute Gasteiger partial charge is 0.301 e. The Morgan fingerprint density at radius 3 is 2.36 bits per heavy atom. The summed E-state index contributed by atoms with van der Waals surface area (Å²) in [6.45, 7) is 0.239. The Bertz CT molecular complexity index is 731. The fourth-order valence-corrected chi connectivity index (χ4v) is 5.23. The molecule has 0 radical (unpaired) electrons. The van der Waals surface area contributed by atoms with Crippen LogP contribution in [0.15, 0.2) is 41.3 Å². The fraction of sp³-hybridized carbons (Fsp3) is 0.286. The summed E-state index contributed by atoms with van der Waals surface area (Å²) in [4.78, 5) is 1.98. The second-order valence-electron chi connectivity index (χ2n) is 4.93. The number of thiophene rings is 1. The van der Waals surface area contributed by atoms with Crippen LogP contribution in [0.3, 0.4) is 0 Å². The van der Waals surface area contributed by atoms with E-state index in [0.717, 1.165) is 16.9 Å². The summed E-state index contributed by atoms with van der Waals surface area (Å²) >= 11 is 12.8. The zero-order chi connectivity index (χ0) is 16.3. The van der Waals surface area contributed by atoms with Gasteiger partial charge < -0.3 is 4.90 Å². The monoisotopic (exact) mass is 378 g/mol. The minimum Gasteiger partial charge on any atom is -0.301 e. The van der Waals surface area contributed by atoms with Crippen LogP contribution in [0.4, 0.5) is 0 Å². The number of halogens is 2. The predicted molar refractivity (Wildman–Crippen MR) is 92.4 cm³/mol. The molecule has 22 heavy (non-hydrogen) atoms. The molecule has 1 unspecified atom stereocenters. The average Bonchev–Trinajstić information content (AvgIpc) is 2.79. The molecule has 0 bridgehead atoms. The van der Waals surface area contributed by atoms with Crippen molar-refractivity contribution in [2.45, 2.75) is 10.9 Å². The topological polar surface area (TPSA) is 49.4 Å². The average molecular weight is 379 g/mol. The van der Waals surface area contributed by atoms with Gasteiger partial charge in [0, 0.05) is 12.6 Å². The van der Waals surface area contributed by atoms with Crippen LogP contribution < -0.4 is 4.72 Å². The highest BCUT2D eigenvalue weighted by Crippen LogP contribution is 2.34. The number of nitrogens with one attached hydrogen (secondary N) is 1. The highest BCUT2D eigenvalue weighted by atomic mass is 35.5. The first-order chi connectivity index (χ1) is 10.3. The number of likely N-dealkylation sites (N-methyl/N-ethyl adjacent to an activating group) is 1. The van der Waals surface area contributed by atoms with E-state index in [1.165, 1.54) is 6.07 Å². The normalized spacial score (nSPS) is 13.5. The Balaban J connectivity index is 2.18. The lowest BCUT2D eigenvalue weighted by atomic mass is 10.1. The highest BCUT2D eigenvalue weighted by Gasteiger charge is 2.23. The van der Waals surface area contributed by atoms with Gasteiger partial charge in [0.2, 0.25) is 10.0 Å². The minimum atomic E-state index is -3.69. The van der Waals surface area contributed by atoms with Gasteiger partial charge in [0.15, 0.2) is 0 Å². The molecule has 120 valence electrons. The smallest absolute Gasteiger partial charge is 0.243 e.